The quantitative estimate of drug-likeness (QED) is 0.775. The standard InChI is InChI=1S/C13H24N2O/c1-10(2)15(9-11-4-5-11)12(16)8-13(14)6-3-7-13/h10-11H,3-9,14H2,1-2H3. The fourth-order valence-corrected chi connectivity index (χ4v) is 2.39. The minimum atomic E-state index is -0.173. The van der Waals surface area contributed by atoms with Gasteiger partial charge in [-0.2, -0.15) is 0 Å². The van der Waals surface area contributed by atoms with Crippen LogP contribution in [0, 0.1) is 5.92 Å². The largest absolute Gasteiger partial charge is 0.340 e. The normalized spacial score (nSPS) is 23.0. The Hall–Kier alpha value is -0.570. The Morgan fingerprint density at radius 1 is 1.44 bits per heavy atom. The van der Waals surface area contributed by atoms with Crippen molar-refractivity contribution in [2.24, 2.45) is 11.7 Å². The van der Waals surface area contributed by atoms with E-state index in [-0.39, 0.29) is 11.4 Å². The van der Waals surface area contributed by atoms with Crippen molar-refractivity contribution in [3.8, 4) is 0 Å². The van der Waals surface area contributed by atoms with Gasteiger partial charge in [-0.25, -0.2) is 0 Å². The van der Waals surface area contributed by atoms with E-state index in [1.807, 2.05) is 4.90 Å². The molecule has 2 rings (SSSR count). The van der Waals surface area contributed by atoms with Crippen molar-refractivity contribution >= 4 is 5.91 Å². The molecule has 2 aliphatic rings. The fourth-order valence-electron chi connectivity index (χ4n) is 2.39. The zero-order chi connectivity index (χ0) is 11.8. The molecule has 2 aliphatic carbocycles. The number of carbonyl (C=O) groups is 1. The summed E-state index contributed by atoms with van der Waals surface area (Å²) >= 11 is 0. The highest BCUT2D eigenvalue weighted by Gasteiger charge is 2.37. The molecule has 1 amide bonds. The smallest absolute Gasteiger partial charge is 0.224 e. The van der Waals surface area contributed by atoms with Crippen LogP contribution in [0.5, 0.6) is 0 Å². The van der Waals surface area contributed by atoms with E-state index in [0.29, 0.717) is 12.5 Å². The minimum Gasteiger partial charge on any atom is -0.340 e. The van der Waals surface area contributed by atoms with Gasteiger partial charge in [0.25, 0.3) is 0 Å². The molecule has 2 N–H and O–H groups in total. The molecule has 2 fully saturated rings. The number of rotatable bonds is 5. The third kappa shape index (κ3) is 2.76. The zero-order valence-corrected chi connectivity index (χ0v) is 10.5. The zero-order valence-electron chi connectivity index (χ0n) is 10.5. The highest BCUT2D eigenvalue weighted by atomic mass is 16.2. The second-order valence-electron chi connectivity index (χ2n) is 5.98. The van der Waals surface area contributed by atoms with Crippen LogP contribution in [-0.2, 0) is 4.79 Å². The van der Waals surface area contributed by atoms with E-state index in [9.17, 15) is 4.79 Å². The van der Waals surface area contributed by atoms with Gasteiger partial charge in [-0.05, 0) is 51.9 Å². The topological polar surface area (TPSA) is 46.3 Å². The van der Waals surface area contributed by atoms with E-state index in [0.717, 1.165) is 25.3 Å². The van der Waals surface area contributed by atoms with Crippen molar-refractivity contribution < 1.29 is 4.79 Å². The van der Waals surface area contributed by atoms with Gasteiger partial charge >= 0.3 is 0 Å². The molecule has 0 atom stereocenters. The second kappa shape index (κ2) is 4.36. The molecule has 0 saturated heterocycles. The van der Waals surface area contributed by atoms with Crippen molar-refractivity contribution in [3.05, 3.63) is 0 Å². The summed E-state index contributed by atoms with van der Waals surface area (Å²) in [6.07, 6.45) is 6.38. The van der Waals surface area contributed by atoms with Crippen LogP contribution in [0.4, 0.5) is 0 Å². The summed E-state index contributed by atoms with van der Waals surface area (Å²) in [7, 11) is 0. The van der Waals surface area contributed by atoms with E-state index in [4.69, 9.17) is 5.73 Å². The molecule has 0 aliphatic heterocycles. The lowest BCUT2D eigenvalue weighted by atomic mass is 9.75. The van der Waals surface area contributed by atoms with Crippen LogP contribution in [0.3, 0.4) is 0 Å². The third-order valence-electron chi connectivity index (χ3n) is 3.95. The molecule has 16 heavy (non-hydrogen) atoms. The lowest BCUT2D eigenvalue weighted by Gasteiger charge is -2.39. The van der Waals surface area contributed by atoms with Crippen molar-refractivity contribution in [1.82, 2.24) is 4.90 Å². The van der Waals surface area contributed by atoms with Crippen LogP contribution in [0.25, 0.3) is 0 Å². The molecule has 0 aromatic rings. The molecule has 0 spiro atoms. The third-order valence-corrected chi connectivity index (χ3v) is 3.95. The Morgan fingerprint density at radius 2 is 2.06 bits per heavy atom. The molecular formula is C13H24N2O. The number of nitrogens with two attached hydrogens (primary N) is 1. The summed E-state index contributed by atoms with van der Waals surface area (Å²) in [5.41, 5.74) is 5.97. The van der Waals surface area contributed by atoms with E-state index < -0.39 is 0 Å². The van der Waals surface area contributed by atoms with Crippen LogP contribution >= 0.6 is 0 Å². The van der Waals surface area contributed by atoms with Gasteiger partial charge in [-0.15, -0.1) is 0 Å². The van der Waals surface area contributed by atoms with E-state index >= 15 is 0 Å². The summed E-state index contributed by atoms with van der Waals surface area (Å²) in [6.45, 7) is 5.15. The van der Waals surface area contributed by atoms with Crippen LogP contribution in [0.2, 0.25) is 0 Å². The lowest BCUT2D eigenvalue weighted by molar-refractivity contribution is -0.135. The van der Waals surface area contributed by atoms with Gasteiger partial charge in [0.05, 0.1) is 0 Å². The van der Waals surface area contributed by atoms with Crippen LogP contribution in [-0.4, -0.2) is 28.9 Å². The second-order valence-corrected chi connectivity index (χ2v) is 5.98. The lowest BCUT2D eigenvalue weighted by Crippen LogP contribution is -2.51. The molecule has 0 radical (unpaired) electrons. The van der Waals surface area contributed by atoms with E-state index in [1.54, 1.807) is 0 Å². The van der Waals surface area contributed by atoms with E-state index in [2.05, 4.69) is 13.8 Å². The van der Waals surface area contributed by atoms with Gasteiger partial charge in [0, 0.05) is 24.5 Å². The van der Waals surface area contributed by atoms with Crippen LogP contribution < -0.4 is 5.73 Å². The number of amides is 1. The molecular weight excluding hydrogens is 200 g/mol. The molecule has 3 heteroatoms. The van der Waals surface area contributed by atoms with Gasteiger partial charge in [0.15, 0.2) is 0 Å². The summed E-state index contributed by atoms with van der Waals surface area (Å²) < 4.78 is 0. The fraction of sp³-hybridized carbons (Fsp3) is 0.923. The number of carbonyl (C=O) groups excluding carboxylic acids is 1. The number of hydrogen-bond acceptors (Lipinski definition) is 2. The molecule has 0 heterocycles. The Labute approximate surface area is 98.4 Å². The van der Waals surface area contributed by atoms with Gasteiger partial charge < -0.3 is 10.6 Å². The first kappa shape index (κ1) is 11.9. The van der Waals surface area contributed by atoms with Gasteiger partial charge in [-0.1, -0.05) is 0 Å². The Morgan fingerprint density at radius 3 is 2.44 bits per heavy atom. The predicted molar refractivity (Wildman–Crippen MR) is 65.0 cm³/mol. The molecule has 0 aromatic carbocycles. The monoisotopic (exact) mass is 224 g/mol. The first-order valence-electron chi connectivity index (χ1n) is 6.58. The SMILES string of the molecule is CC(C)N(CC1CC1)C(=O)CC1(N)CCC1. The summed E-state index contributed by atoms with van der Waals surface area (Å²) in [6, 6.07) is 0.316. The maximum atomic E-state index is 12.2. The summed E-state index contributed by atoms with van der Waals surface area (Å²) in [5, 5.41) is 0. The van der Waals surface area contributed by atoms with Crippen molar-refractivity contribution in [2.75, 3.05) is 6.54 Å². The average Bonchev–Trinajstić information content (AvgIpc) is 2.94. The van der Waals surface area contributed by atoms with Crippen molar-refractivity contribution in [2.45, 2.75) is 64.0 Å². The molecule has 0 aromatic heterocycles. The Bertz CT molecular complexity index is 267. The highest BCUT2D eigenvalue weighted by Crippen LogP contribution is 2.34. The van der Waals surface area contributed by atoms with E-state index in [1.165, 1.54) is 19.3 Å². The molecule has 92 valence electrons. The molecule has 3 nitrogen and oxygen atoms in total. The van der Waals surface area contributed by atoms with Gasteiger partial charge in [-0.3, -0.25) is 4.79 Å². The van der Waals surface area contributed by atoms with Crippen LogP contribution in [0.1, 0.15) is 52.4 Å². The van der Waals surface area contributed by atoms with Crippen LogP contribution in [0.15, 0.2) is 0 Å². The molecule has 2 saturated carbocycles. The number of nitrogens with zero attached hydrogens (tertiary/aromatic N) is 1. The summed E-state index contributed by atoms with van der Waals surface area (Å²) in [4.78, 5) is 14.2. The average molecular weight is 224 g/mol. The Kier molecular flexibility index (Phi) is 3.24. The minimum absolute atomic E-state index is 0.173. The van der Waals surface area contributed by atoms with Gasteiger partial charge in [0.1, 0.15) is 0 Å². The molecule has 0 unspecified atom stereocenters. The van der Waals surface area contributed by atoms with Crippen molar-refractivity contribution in [1.29, 1.82) is 0 Å². The number of hydrogen-bond donors (Lipinski definition) is 1. The predicted octanol–water partition coefficient (Wildman–Crippen LogP) is 1.90. The summed E-state index contributed by atoms with van der Waals surface area (Å²) in [5.74, 6) is 1.03. The maximum Gasteiger partial charge on any atom is 0.224 e. The Balaban J connectivity index is 1.87. The first-order valence-corrected chi connectivity index (χ1v) is 6.58. The first-order chi connectivity index (χ1) is 7.50. The van der Waals surface area contributed by atoms with Crippen molar-refractivity contribution in [3.63, 3.8) is 0 Å². The molecule has 0 bridgehead atoms. The van der Waals surface area contributed by atoms with Gasteiger partial charge in [0.2, 0.25) is 5.91 Å². The maximum absolute atomic E-state index is 12.2. The highest BCUT2D eigenvalue weighted by molar-refractivity contribution is 5.78.